The van der Waals surface area contributed by atoms with Gasteiger partial charge < -0.3 is 5.32 Å². The minimum Gasteiger partial charge on any atom is -0.313 e. The maximum absolute atomic E-state index is 6.12. The Bertz CT molecular complexity index is 320. The molecule has 0 saturated heterocycles. The first-order valence-corrected chi connectivity index (χ1v) is 7.94. The third-order valence-corrected chi connectivity index (χ3v) is 3.82. The number of benzene rings is 1. The summed E-state index contributed by atoms with van der Waals surface area (Å²) in [7, 11) is 0. The molecule has 1 aromatic carbocycles. The summed E-state index contributed by atoms with van der Waals surface area (Å²) in [6, 6.07) is 6.02. The van der Waals surface area contributed by atoms with Crippen molar-refractivity contribution in [2.24, 2.45) is 0 Å². The molecule has 16 heavy (non-hydrogen) atoms. The molecular weight excluding hydrogens is 306 g/mol. The van der Waals surface area contributed by atoms with Gasteiger partial charge in [-0.1, -0.05) is 33.6 Å². The zero-order chi connectivity index (χ0) is 11.8. The monoisotopic (exact) mass is 321 g/mol. The van der Waals surface area contributed by atoms with Gasteiger partial charge in [0.25, 0.3) is 0 Å². The number of unbranched alkanes of at least 4 members (excludes halogenated alkanes) is 1. The quantitative estimate of drug-likeness (QED) is 0.750. The first-order chi connectivity index (χ1) is 7.74. The molecule has 0 spiro atoms. The van der Waals surface area contributed by atoms with E-state index in [9.17, 15) is 0 Å². The van der Waals surface area contributed by atoms with Crippen molar-refractivity contribution in [2.75, 3.05) is 18.6 Å². The van der Waals surface area contributed by atoms with Crippen LogP contribution in [0.3, 0.4) is 0 Å². The van der Waals surface area contributed by atoms with Crippen LogP contribution in [0.2, 0.25) is 5.02 Å². The van der Waals surface area contributed by atoms with Crippen molar-refractivity contribution < 1.29 is 0 Å². The fourth-order valence-corrected chi connectivity index (χ4v) is 2.62. The molecule has 0 heterocycles. The lowest BCUT2D eigenvalue weighted by atomic mass is 10.2. The third kappa shape index (κ3) is 5.58. The Balaban J connectivity index is 2.21. The Kier molecular flexibility index (Phi) is 7.54. The van der Waals surface area contributed by atoms with E-state index in [0.29, 0.717) is 0 Å². The highest BCUT2D eigenvalue weighted by molar-refractivity contribution is 9.10. The van der Waals surface area contributed by atoms with Gasteiger partial charge in [-0.05, 0) is 49.1 Å². The van der Waals surface area contributed by atoms with Crippen LogP contribution >= 0.6 is 39.3 Å². The van der Waals surface area contributed by atoms with Gasteiger partial charge in [0, 0.05) is 16.0 Å². The SMILES string of the molecule is CSCCCCNCc1ccc(Br)cc1Cl. The normalized spacial score (nSPS) is 10.7. The van der Waals surface area contributed by atoms with Gasteiger partial charge in [-0.15, -0.1) is 0 Å². The van der Waals surface area contributed by atoms with Crippen LogP contribution in [0.4, 0.5) is 0 Å². The van der Waals surface area contributed by atoms with Crippen molar-refractivity contribution in [2.45, 2.75) is 19.4 Å². The molecule has 0 unspecified atom stereocenters. The minimum atomic E-state index is 0.825. The smallest absolute Gasteiger partial charge is 0.0462 e. The van der Waals surface area contributed by atoms with Gasteiger partial charge >= 0.3 is 0 Å². The second-order valence-electron chi connectivity index (χ2n) is 3.61. The molecule has 1 rings (SSSR count). The number of halogens is 2. The first-order valence-electron chi connectivity index (χ1n) is 5.37. The van der Waals surface area contributed by atoms with Crippen LogP contribution in [0.5, 0.6) is 0 Å². The molecule has 1 aromatic rings. The average Bonchev–Trinajstić information content (AvgIpc) is 2.26. The van der Waals surface area contributed by atoms with Gasteiger partial charge in [-0.2, -0.15) is 11.8 Å². The molecule has 4 heteroatoms. The largest absolute Gasteiger partial charge is 0.313 e. The van der Waals surface area contributed by atoms with Crippen molar-refractivity contribution in [3.63, 3.8) is 0 Å². The molecule has 0 amide bonds. The molecule has 90 valence electrons. The van der Waals surface area contributed by atoms with Crippen LogP contribution in [0, 0.1) is 0 Å². The van der Waals surface area contributed by atoms with Gasteiger partial charge in [-0.25, -0.2) is 0 Å². The fraction of sp³-hybridized carbons (Fsp3) is 0.500. The van der Waals surface area contributed by atoms with Crippen molar-refractivity contribution >= 4 is 39.3 Å². The highest BCUT2D eigenvalue weighted by Crippen LogP contribution is 2.21. The maximum Gasteiger partial charge on any atom is 0.0462 e. The molecule has 1 nitrogen and oxygen atoms in total. The molecule has 0 aliphatic heterocycles. The molecule has 1 N–H and O–H groups in total. The van der Waals surface area contributed by atoms with Crippen molar-refractivity contribution in [3.05, 3.63) is 33.3 Å². The average molecular weight is 323 g/mol. The summed E-state index contributed by atoms with van der Waals surface area (Å²) in [5, 5.41) is 4.24. The molecule has 0 saturated carbocycles. The van der Waals surface area contributed by atoms with E-state index >= 15 is 0 Å². The van der Waals surface area contributed by atoms with Gasteiger partial charge in [-0.3, -0.25) is 0 Å². The summed E-state index contributed by atoms with van der Waals surface area (Å²) in [4.78, 5) is 0. The molecule has 0 aromatic heterocycles. The lowest BCUT2D eigenvalue weighted by molar-refractivity contribution is 0.644. The van der Waals surface area contributed by atoms with Gasteiger partial charge in [0.1, 0.15) is 0 Å². The minimum absolute atomic E-state index is 0.825. The Morgan fingerprint density at radius 1 is 1.38 bits per heavy atom. The van der Waals surface area contributed by atoms with E-state index in [1.165, 1.54) is 18.6 Å². The van der Waals surface area contributed by atoms with Crippen LogP contribution in [0.25, 0.3) is 0 Å². The number of hydrogen-bond acceptors (Lipinski definition) is 2. The van der Waals surface area contributed by atoms with E-state index in [2.05, 4.69) is 33.6 Å². The molecule has 0 atom stereocenters. The molecule has 0 aliphatic rings. The van der Waals surface area contributed by atoms with Crippen molar-refractivity contribution in [1.82, 2.24) is 5.32 Å². The van der Waals surface area contributed by atoms with E-state index in [1.807, 2.05) is 23.9 Å². The van der Waals surface area contributed by atoms with Crippen LogP contribution in [0.15, 0.2) is 22.7 Å². The first kappa shape index (κ1) is 14.4. The third-order valence-electron chi connectivity index (χ3n) is 2.28. The zero-order valence-corrected chi connectivity index (χ0v) is 12.6. The molecule has 0 aliphatic carbocycles. The van der Waals surface area contributed by atoms with Crippen molar-refractivity contribution in [3.8, 4) is 0 Å². The second-order valence-corrected chi connectivity index (χ2v) is 5.92. The summed E-state index contributed by atoms with van der Waals surface area (Å²) in [5.41, 5.74) is 1.16. The molecule has 0 radical (unpaired) electrons. The number of nitrogens with one attached hydrogen (secondary N) is 1. The maximum atomic E-state index is 6.12. The van der Waals surface area contributed by atoms with E-state index in [1.54, 1.807) is 0 Å². The topological polar surface area (TPSA) is 12.0 Å². The lowest BCUT2D eigenvalue weighted by Crippen LogP contribution is -2.15. The Labute approximate surface area is 115 Å². The van der Waals surface area contributed by atoms with Crippen LogP contribution < -0.4 is 5.32 Å². The lowest BCUT2D eigenvalue weighted by Gasteiger charge is -2.06. The number of rotatable bonds is 7. The summed E-state index contributed by atoms with van der Waals surface area (Å²) in [6.45, 7) is 1.92. The van der Waals surface area contributed by atoms with Gasteiger partial charge in [0.05, 0.1) is 0 Å². The highest BCUT2D eigenvalue weighted by atomic mass is 79.9. The second kappa shape index (κ2) is 8.40. The molecule has 0 bridgehead atoms. The number of thioether (sulfide) groups is 1. The van der Waals surface area contributed by atoms with E-state index in [4.69, 9.17) is 11.6 Å². The van der Waals surface area contributed by atoms with Crippen molar-refractivity contribution in [1.29, 1.82) is 0 Å². The summed E-state index contributed by atoms with van der Waals surface area (Å²) < 4.78 is 1.03. The van der Waals surface area contributed by atoms with E-state index < -0.39 is 0 Å². The Morgan fingerprint density at radius 2 is 2.19 bits per heavy atom. The van der Waals surface area contributed by atoms with Gasteiger partial charge in [0.2, 0.25) is 0 Å². The molecular formula is C12H17BrClNS. The molecule has 0 fully saturated rings. The standard InChI is InChI=1S/C12H17BrClNS/c1-16-7-3-2-6-15-9-10-4-5-11(13)8-12(10)14/h4-5,8,15H,2-3,6-7,9H2,1H3. The van der Waals surface area contributed by atoms with Gasteiger partial charge in [0.15, 0.2) is 0 Å². The van der Waals surface area contributed by atoms with Crippen LogP contribution in [0.1, 0.15) is 18.4 Å². The highest BCUT2D eigenvalue weighted by Gasteiger charge is 2.00. The Morgan fingerprint density at radius 3 is 2.88 bits per heavy atom. The summed E-state index contributed by atoms with van der Waals surface area (Å²) in [5.74, 6) is 1.25. The van der Waals surface area contributed by atoms with Crippen LogP contribution in [-0.4, -0.2) is 18.6 Å². The predicted octanol–water partition coefficient (Wildman–Crippen LogP) is 4.34. The van der Waals surface area contributed by atoms with Crippen LogP contribution in [-0.2, 0) is 6.54 Å². The Hall–Kier alpha value is 0.300. The van der Waals surface area contributed by atoms with E-state index in [-0.39, 0.29) is 0 Å². The summed E-state index contributed by atoms with van der Waals surface area (Å²) >= 11 is 11.4. The summed E-state index contributed by atoms with van der Waals surface area (Å²) in [6.07, 6.45) is 4.66. The fourth-order valence-electron chi connectivity index (χ4n) is 1.38. The predicted molar refractivity (Wildman–Crippen MR) is 78.5 cm³/mol. The zero-order valence-electron chi connectivity index (χ0n) is 9.43. The van der Waals surface area contributed by atoms with E-state index in [0.717, 1.165) is 28.1 Å². The number of hydrogen-bond donors (Lipinski definition) is 1.